The molecule has 2 rings (SSSR count). The predicted molar refractivity (Wildman–Crippen MR) is 91.7 cm³/mol. The average Bonchev–Trinajstić information content (AvgIpc) is 2.81. The number of halogens is 2. The van der Waals surface area contributed by atoms with Gasteiger partial charge in [0, 0.05) is 11.9 Å². The minimum Gasteiger partial charge on any atom is -0.268 e. The molecule has 1 unspecified atom stereocenters. The summed E-state index contributed by atoms with van der Waals surface area (Å²) in [5.41, 5.74) is 3.83. The van der Waals surface area contributed by atoms with E-state index in [9.17, 15) is 0 Å². The molecule has 1 heterocycles. The number of benzene rings is 1. The van der Waals surface area contributed by atoms with E-state index in [2.05, 4.69) is 85.8 Å². The van der Waals surface area contributed by atoms with Gasteiger partial charge in [-0.15, -0.1) is 0 Å². The highest BCUT2D eigenvalue weighted by molar-refractivity contribution is 9.10. The van der Waals surface area contributed by atoms with Crippen molar-refractivity contribution in [3.8, 4) is 0 Å². The Kier molecular flexibility index (Phi) is 5.85. The molecule has 1 aromatic carbocycles. The van der Waals surface area contributed by atoms with E-state index in [0.29, 0.717) is 5.92 Å². The first-order valence-electron chi connectivity index (χ1n) is 7.06. The van der Waals surface area contributed by atoms with Crippen molar-refractivity contribution < 1.29 is 0 Å². The summed E-state index contributed by atoms with van der Waals surface area (Å²) in [5, 5.41) is 5.64. The van der Waals surface area contributed by atoms with Crippen molar-refractivity contribution in [1.82, 2.24) is 9.78 Å². The molecule has 20 heavy (non-hydrogen) atoms. The van der Waals surface area contributed by atoms with Crippen LogP contribution in [0.5, 0.6) is 0 Å². The molecule has 0 aliphatic carbocycles. The molecule has 0 aliphatic rings. The van der Waals surface area contributed by atoms with Gasteiger partial charge in [-0.05, 0) is 47.2 Å². The van der Waals surface area contributed by atoms with Gasteiger partial charge in [0.25, 0.3) is 0 Å². The van der Waals surface area contributed by atoms with Crippen molar-refractivity contribution in [3.05, 3.63) is 51.8 Å². The molecule has 0 N–H and O–H groups in total. The second-order valence-electron chi connectivity index (χ2n) is 4.84. The summed E-state index contributed by atoms with van der Waals surface area (Å²) in [6.07, 6.45) is 1.96. The third-order valence-corrected chi connectivity index (χ3v) is 5.29. The summed E-state index contributed by atoms with van der Waals surface area (Å²) in [7, 11) is 0. The summed E-state index contributed by atoms with van der Waals surface area (Å²) < 4.78 is 3.31. The smallest absolute Gasteiger partial charge is 0.0766 e. The van der Waals surface area contributed by atoms with Gasteiger partial charge < -0.3 is 0 Å². The monoisotopic (exact) mass is 398 g/mol. The van der Waals surface area contributed by atoms with Crippen LogP contribution >= 0.6 is 31.9 Å². The summed E-state index contributed by atoms with van der Waals surface area (Å²) in [6, 6.07) is 10.7. The standard InChI is InChI=1S/C16H20Br2N2/c1-3-14-16(18)15(20(4-2)19-14)10-13(11-17)12-8-6-5-7-9-12/h5-9,13H,3-4,10-11H2,1-2H3. The first-order valence-corrected chi connectivity index (χ1v) is 8.97. The molecular formula is C16H20Br2N2. The molecule has 4 heteroatoms. The van der Waals surface area contributed by atoms with E-state index in [4.69, 9.17) is 0 Å². The summed E-state index contributed by atoms with van der Waals surface area (Å²) >= 11 is 7.39. The highest BCUT2D eigenvalue weighted by Crippen LogP contribution is 2.29. The molecule has 2 nitrogen and oxygen atoms in total. The minimum atomic E-state index is 0.471. The van der Waals surface area contributed by atoms with E-state index in [1.807, 2.05) is 0 Å². The molecule has 0 amide bonds. The molecule has 1 atom stereocenters. The minimum absolute atomic E-state index is 0.471. The Bertz CT molecular complexity index is 549. The number of rotatable bonds is 6. The first kappa shape index (κ1) is 15.8. The fraction of sp³-hybridized carbons (Fsp3) is 0.438. The van der Waals surface area contributed by atoms with Gasteiger partial charge in [-0.1, -0.05) is 53.2 Å². The average molecular weight is 400 g/mol. The van der Waals surface area contributed by atoms with Crippen molar-refractivity contribution in [1.29, 1.82) is 0 Å². The second kappa shape index (κ2) is 7.41. The summed E-state index contributed by atoms with van der Waals surface area (Å²) in [6.45, 7) is 5.21. The van der Waals surface area contributed by atoms with Crippen molar-refractivity contribution >= 4 is 31.9 Å². The molecule has 0 radical (unpaired) electrons. The Balaban J connectivity index is 2.30. The van der Waals surface area contributed by atoms with Crippen molar-refractivity contribution in [2.75, 3.05) is 5.33 Å². The zero-order valence-corrected chi connectivity index (χ0v) is 15.1. The van der Waals surface area contributed by atoms with Gasteiger partial charge in [-0.2, -0.15) is 5.10 Å². The van der Waals surface area contributed by atoms with Gasteiger partial charge in [0.05, 0.1) is 15.9 Å². The highest BCUT2D eigenvalue weighted by Gasteiger charge is 2.19. The molecule has 0 saturated heterocycles. The number of alkyl halides is 1. The lowest BCUT2D eigenvalue weighted by atomic mass is 9.96. The predicted octanol–water partition coefficient (Wildman–Crippen LogP) is 4.95. The van der Waals surface area contributed by atoms with Crippen molar-refractivity contribution in [2.24, 2.45) is 0 Å². The zero-order chi connectivity index (χ0) is 14.5. The van der Waals surface area contributed by atoms with Crippen LogP contribution in [-0.2, 0) is 19.4 Å². The maximum Gasteiger partial charge on any atom is 0.0766 e. The van der Waals surface area contributed by atoms with Crippen molar-refractivity contribution in [3.63, 3.8) is 0 Å². The lowest BCUT2D eigenvalue weighted by molar-refractivity contribution is 0.594. The molecule has 0 saturated carbocycles. The molecule has 0 fully saturated rings. The first-order chi connectivity index (χ1) is 9.71. The van der Waals surface area contributed by atoms with Crippen LogP contribution in [0.15, 0.2) is 34.8 Å². The van der Waals surface area contributed by atoms with Crippen molar-refractivity contribution in [2.45, 2.75) is 39.2 Å². The zero-order valence-electron chi connectivity index (χ0n) is 11.9. The Hall–Kier alpha value is -0.610. The van der Waals surface area contributed by atoms with Crippen LogP contribution in [0, 0.1) is 0 Å². The van der Waals surface area contributed by atoms with Crippen LogP contribution in [-0.4, -0.2) is 15.1 Å². The number of hydrogen-bond acceptors (Lipinski definition) is 1. The Labute approximate surface area is 137 Å². The molecule has 2 aromatic rings. The third-order valence-electron chi connectivity index (χ3n) is 3.59. The lowest BCUT2D eigenvalue weighted by Gasteiger charge is -2.15. The Morgan fingerprint density at radius 2 is 1.90 bits per heavy atom. The second-order valence-corrected chi connectivity index (χ2v) is 6.28. The van der Waals surface area contributed by atoms with Crippen LogP contribution in [0.2, 0.25) is 0 Å². The fourth-order valence-corrected chi connectivity index (χ4v) is 3.76. The molecular weight excluding hydrogens is 380 g/mol. The van der Waals surface area contributed by atoms with E-state index >= 15 is 0 Å². The van der Waals surface area contributed by atoms with Crippen LogP contribution in [0.25, 0.3) is 0 Å². The fourth-order valence-electron chi connectivity index (χ4n) is 2.43. The molecule has 0 bridgehead atoms. The van der Waals surface area contributed by atoms with Crippen LogP contribution < -0.4 is 0 Å². The third kappa shape index (κ3) is 3.34. The van der Waals surface area contributed by atoms with Gasteiger partial charge in [-0.3, -0.25) is 4.68 Å². The number of nitrogens with zero attached hydrogens (tertiary/aromatic N) is 2. The Morgan fingerprint density at radius 3 is 2.45 bits per heavy atom. The van der Waals surface area contributed by atoms with E-state index in [1.54, 1.807) is 0 Å². The van der Waals surface area contributed by atoms with Crippen LogP contribution in [0.4, 0.5) is 0 Å². The van der Waals surface area contributed by atoms with Gasteiger partial charge in [-0.25, -0.2) is 0 Å². The normalized spacial score (nSPS) is 12.6. The lowest BCUT2D eigenvalue weighted by Crippen LogP contribution is -2.10. The highest BCUT2D eigenvalue weighted by atomic mass is 79.9. The van der Waals surface area contributed by atoms with E-state index < -0.39 is 0 Å². The summed E-state index contributed by atoms with van der Waals surface area (Å²) in [4.78, 5) is 0. The van der Waals surface area contributed by atoms with E-state index in [0.717, 1.165) is 30.4 Å². The SMILES string of the molecule is CCc1nn(CC)c(CC(CBr)c2ccccc2)c1Br. The number of hydrogen-bond donors (Lipinski definition) is 0. The van der Waals surface area contributed by atoms with Crippen LogP contribution in [0.3, 0.4) is 0 Å². The maximum atomic E-state index is 4.68. The number of aryl methyl sites for hydroxylation is 2. The molecule has 0 spiro atoms. The molecule has 0 aliphatic heterocycles. The topological polar surface area (TPSA) is 17.8 Å². The van der Waals surface area contributed by atoms with E-state index in [-0.39, 0.29) is 0 Å². The molecule has 108 valence electrons. The van der Waals surface area contributed by atoms with Gasteiger partial charge in [0.1, 0.15) is 0 Å². The quantitative estimate of drug-likeness (QED) is 0.628. The largest absolute Gasteiger partial charge is 0.268 e. The Morgan fingerprint density at radius 1 is 1.20 bits per heavy atom. The van der Waals surface area contributed by atoms with Crippen LogP contribution in [0.1, 0.15) is 36.7 Å². The molecule has 1 aromatic heterocycles. The van der Waals surface area contributed by atoms with Gasteiger partial charge in [0.2, 0.25) is 0 Å². The maximum absolute atomic E-state index is 4.68. The summed E-state index contributed by atoms with van der Waals surface area (Å²) in [5.74, 6) is 0.471. The van der Waals surface area contributed by atoms with E-state index in [1.165, 1.54) is 15.7 Å². The van der Waals surface area contributed by atoms with Gasteiger partial charge >= 0.3 is 0 Å². The van der Waals surface area contributed by atoms with Gasteiger partial charge in [0.15, 0.2) is 0 Å². The number of aromatic nitrogens is 2.